The minimum atomic E-state index is 0.810. The van der Waals surface area contributed by atoms with Crippen molar-refractivity contribution in [3.8, 4) is 0 Å². The summed E-state index contributed by atoms with van der Waals surface area (Å²) in [6.07, 6.45) is 7.44. The van der Waals surface area contributed by atoms with Crippen molar-refractivity contribution in [1.82, 2.24) is 0 Å². The van der Waals surface area contributed by atoms with Crippen LogP contribution in [0.15, 0.2) is 24.3 Å². The van der Waals surface area contributed by atoms with E-state index in [1.165, 1.54) is 37.7 Å². The molecule has 2 rings (SSSR count). The van der Waals surface area contributed by atoms with E-state index in [4.69, 9.17) is 11.6 Å². The van der Waals surface area contributed by atoms with Crippen LogP contribution in [0.4, 0.5) is 0 Å². The third kappa shape index (κ3) is 5.84. The molecule has 1 fully saturated rings. The number of hydrogen-bond donors (Lipinski definition) is 0. The van der Waals surface area contributed by atoms with Gasteiger partial charge in [-0.1, -0.05) is 62.8 Å². The number of halogens is 1. The van der Waals surface area contributed by atoms with Gasteiger partial charge in [0.05, 0.1) is 0 Å². The Balaban J connectivity index is 0.000000151. The van der Waals surface area contributed by atoms with E-state index in [-0.39, 0.29) is 0 Å². The number of hydrogen-bond acceptors (Lipinski definition) is 0. The van der Waals surface area contributed by atoms with Crippen LogP contribution in [0.25, 0.3) is 0 Å². The summed E-state index contributed by atoms with van der Waals surface area (Å²) in [6.45, 7) is 4.38. The van der Waals surface area contributed by atoms with Gasteiger partial charge in [-0.2, -0.15) is 0 Å². The predicted molar refractivity (Wildman–Crippen MR) is 68.4 cm³/mol. The first kappa shape index (κ1) is 12.6. The molecule has 0 aliphatic heterocycles. The van der Waals surface area contributed by atoms with E-state index in [0.717, 1.165) is 10.9 Å². The molecule has 0 spiro atoms. The molecule has 0 nitrogen and oxygen atoms in total. The zero-order valence-electron chi connectivity index (χ0n) is 9.80. The van der Waals surface area contributed by atoms with E-state index in [2.05, 4.69) is 6.92 Å². The second-order valence-electron chi connectivity index (χ2n) is 4.54. The lowest BCUT2D eigenvalue weighted by atomic mass is 9.91. The van der Waals surface area contributed by atoms with E-state index >= 15 is 0 Å². The maximum absolute atomic E-state index is 5.64. The molecule has 84 valence electrons. The molecule has 0 radical (unpaired) electrons. The quantitative estimate of drug-likeness (QED) is 0.566. The average molecular weight is 225 g/mol. The van der Waals surface area contributed by atoms with Crippen molar-refractivity contribution in [2.75, 3.05) is 0 Å². The van der Waals surface area contributed by atoms with Crippen LogP contribution < -0.4 is 0 Å². The molecule has 0 bridgehead atoms. The zero-order valence-corrected chi connectivity index (χ0v) is 10.6. The number of benzene rings is 1. The van der Waals surface area contributed by atoms with Gasteiger partial charge in [-0.25, -0.2) is 0 Å². The summed E-state index contributed by atoms with van der Waals surface area (Å²) in [5.41, 5.74) is 1.21. The van der Waals surface area contributed by atoms with Gasteiger partial charge in [0.15, 0.2) is 0 Å². The first-order valence-corrected chi connectivity index (χ1v) is 6.28. The van der Waals surface area contributed by atoms with Crippen LogP contribution in [-0.2, 0) is 0 Å². The van der Waals surface area contributed by atoms with E-state index in [9.17, 15) is 0 Å². The molecule has 0 unspecified atom stereocenters. The fourth-order valence-corrected chi connectivity index (χ4v) is 2.16. The van der Waals surface area contributed by atoms with Crippen LogP contribution in [0.2, 0.25) is 5.02 Å². The van der Waals surface area contributed by atoms with Gasteiger partial charge in [-0.05, 0) is 30.5 Å². The SMILES string of the molecule is CC1CCCCC1.Cc1cccc(Cl)c1. The fourth-order valence-electron chi connectivity index (χ4n) is 1.91. The van der Waals surface area contributed by atoms with Crippen LogP contribution in [-0.4, -0.2) is 0 Å². The Kier molecular flexibility index (Phi) is 5.78. The standard InChI is InChI=1S/C7H7Cl.C7H14/c1-6-3-2-4-7(8)5-6;1-7-5-3-2-4-6-7/h2-5H,1H3;7H,2-6H2,1H3. The lowest BCUT2D eigenvalue weighted by Crippen LogP contribution is -1.99. The minimum Gasteiger partial charge on any atom is -0.0843 e. The van der Waals surface area contributed by atoms with Crippen molar-refractivity contribution in [3.63, 3.8) is 0 Å². The summed E-state index contributed by atoms with van der Waals surface area (Å²) in [4.78, 5) is 0. The largest absolute Gasteiger partial charge is 0.0843 e. The summed E-state index contributed by atoms with van der Waals surface area (Å²) in [6, 6.07) is 7.76. The van der Waals surface area contributed by atoms with Gasteiger partial charge < -0.3 is 0 Å². The summed E-state index contributed by atoms with van der Waals surface area (Å²) in [5, 5.41) is 0.810. The molecule has 1 aromatic rings. The smallest absolute Gasteiger partial charge is 0.0408 e. The Morgan fingerprint density at radius 1 is 1.13 bits per heavy atom. The molecule has 1 aromatic carbocycles. The molecule has 0 amide bonds. The number of aryl methyl sites for hydroxylation is 1. The second-order valence-corrected chi connectivity index (χ2v) is 4.98. The van der Waals surface area contributed by atoms with Crippen molar-refractivity contribution in [2.24, 2.45) is 5.92 Å². The average Bonchev–Trinajstić information content (AvgIpc) is 2.19. The highest BCUT2D eigenvalue weighted by molar-refractivity contribution is 6.30. The summed E-state index contributed by atoms with van der Waals surface area (Å²) >= 11 is 5.64. The first-order chi connectivity index (χ1) is 7.18. The van der Waals surface area contributed by atoms with Gasteiger partial charge in [0, 0.05) is 5.02 Å². The van der Waals surface area contributed by atoms with Crippen molar-refractivity contribution >= 4 is 11.6 Å². The molecule has 0 atom stereocenters. The van der Waals surface area contributed by atoms with Gasteiger partial charge in [-0.15, -0.1) is 0 Å². The van der Waals surface area contributed by atoms with Crippen LogP contribution in [0.5, 0.6) is 0 Å². The molecule has 0 heterocycles. The van der Waals surface area contributed by atoms with Crippen molar-refractivity contribution < 1.29 is 0 Å². The Bertz CT molecular complexity index is 257. The molecule has 1 saturated carbocycles. The third-order valence-electron chi connectivity index (χ3n) is 2.87. The van der Waals surface area contributed by atoms with Gasteiger partial charge in [0.25, 0.3) is 0 Å². The van der Waals surface area contributed by atoms with Crippen molar-refractivity contribution in [1.29, 1.82) is 0 Å². The zero-order chi connectivity index (χ0) is 11.1. The molecule has 1 aliphatic carbocycles. The second kappa shape index (κ2) is 6.90. The fraction of sp³-hybridized carbons (Fsp3) is 0.571. The highest BCUT2D eigenvalue weighted by Crippen LogP contribution is 2.22. The van der Waals surface area contributed by atoms with E-state index in [0.29, 0.717) is 0 Å². The van der Waals surface area contributed by atoms with Gasteiger partial charge in [0.1, 0.15) is 0 Å². The molecular formula is C14H21Cl. The molecular weight excluding hydrogens is 204 g/mol. The first-order valence-electron chi connectivity index (χ1n) is 5.90. The maximum atomic E-state index is 5.64. The molecule has 1 aliphatic rings. The highest BCUT2D eigenvalue weighted by atomic mass is 35.5. The predicted octanol–water partition coefficient (Wildman–Crippen LogP) is 5.24. The van der Waals surface area contributed by atoms with Crippen molar-refractivity contribution in [2.45, 2.75) is 46.0 Å². The molecule has 0 aromatic heterocycles. The van der Waals surface area contributed by atoms with E-state index in [1.807, 2.05) is 31.2 Å². The molecule has 0 N–H and O–H groups in total. The molecule has 15 heavy (non-hydrogen) atoms. The Hall–Kier alpha value is -0.490. The van der Waals surface area contributed by atoms with Gasteiger partial charge >= 0.3 is 0 Å². The van der Waals surface area contributed by atoms with E-state index < -0.39 is 0 Å². The number of rotatable bonds is 0. The lowest BCUT2D eigenvalue weighted by Gasteiger charge is -2.15. The Morgan fingerprint density at radius 2 is 1.80 bits per heavy atom. The van der Waals surface area contributed by atoms with Crippen molar-refractivity contribution in [3.05, 3.63) is 34.9 Å². The topological polar surface area (TPSA) is 0 Å². The Labute approximate surface area is 98.7 Å². The lowest BCUT2D eigenvalue weighted by molar-refractivity contribution is 0.385. The van der Waals surface area contributed by atoms with Crippen LogP contribution in [0.3, 0.4) is 0 Å². The summed E-state index contributed by atoms with van der Waals surface area (Å²) in [7, 11) is 0. The summed E-state index contributed by atoms with van der Waals surface area (Å²) < 4.78 is 0. The Morgan fingerprint density at radius 3 is 2.13 bits per heavy atom. The van der Waals surface area contributed by atoms with Crippen LogP contribution in [0, 0.1) is 12.8 Å². The summed E-state index contributed by atoms with van der Waals surface area (Å²) in [5.74, 6) is 1.04. The van der Waals surface area contributed by atoms with Crippen LogP contribution >= 0.6 is 11.6 Å². The van der Waals surface area contributed by atoms with Gasteiger partial charge in [0.2, 0.25) is 0 Å². The highest BCUT2D eigenvalue weighted by Gasteiger charge is 2.05. The normalized spacial score (nSPS) is 16.7. The maximum Gasteiger partial charge on any atom is 0.0408 e. The van der Waals surface area contributed by atoms with Gasteiger partial charge in [-0.3, -0.25) is 0 Å². The third-order valence-corrected chi connectivity index (χ3v) is 3.11. The molecule has 1 heteroatoms. The minimum absolute atomic E-state index is 0.810. The van der Waals surface area contributed by atoms with Crippen LogP contribution in [0.1, 0.15) is 44.6 Å². The molecule has 0 saturated heterocycles. The van der Waals surface area contributed by atoms with E-state index in [1.54, 1.807) is 0 Å². The monoisotopic (exact) mass is 224 g/mol.